The number of hydrogen-bond acceptors (Lipinski definition) is 6. The van der Waals surface area contributed by atoms with Crippen LogP contribution >= 0.6 is 0 Å². The first kappa shape index (κ1) is 17.1. The number of amides is 4. The molecule has 0 spiro atoms. The van der Waals surface area contributed by atoms with Gasteiger partial charge in [-0.05, 0) is 36.3 Å². The fourth-order valence-electron chi connectivity index (χ4n) is 2.43. The highest BCUT2D eigenvalue weighted by molar-refractivity contribution is 6.39. The van der Waals surface area contributed by atoms with Crippen molar-refractivity contribution in [2.75, 3.05) is 4.90 Å². The molecule has 1 fully saturated rings. The van der Waals surface area contributed by atoms with E-state index in [-0.39, 0.29) is 11.3 Å². The molecule has 9 nitrogen and oxygen atoms in total. The molecule has 0 aliphatic carbocycles. The average Bonchev–Trinajstić information content (AvgIpc) is 3.08. The summed E-state index contributed by atoms with van der Waals surface area (Å²) >= 11 is 0. The molecule has 3 rings (SSSR count). The van der Waals surface area contributed by atoms with Gasteiger partial charge in [0.25, 0.3) is 11.8 Å². The van der Waals surface area contributed by atoms with Crippen molar-refractivity contribution in [1.29, 1.82) is 0 Å². The maximum Gasteiger partial charge on any atom is 0.433 e. The summed E-state index contributed by atoms with van der Waals surface area (Å²) in [4.78, 5) is 47.5. The largest absolute Gasteiger partial charge is 0.433 e. The van der Waals surface area contributed by atoms with Crippen LogP contribution in [0.5, 0.6) is 0 Å². The van der Waals surface area contributed by atoms with Crippen LogP contribution < -0.4 is 10.2 Å². The number of carbonyl (C=O) groups is 3. The lowest BCUT2D eigenvalue weighted by molar-refractivity contribution is -0.402. The van der Waals surface area contributed by atoms with E-state index in [0.717, 1.165) is 29.0 Å². The number of imide groups is 2. The minimum absolute atomic E-state index is 0.0502. The molecule has 132 valence electrons. The average molecular weight is 355 g/mol. The number of benzene rings is 1. The van der Waals surface area contributed by atoms with Gasteiger partial charge in [-0.3, -0.25) is 25.0 Å². The Morgan fingerprint density at radius 2 is 1.85 bits per heavy atom. The normalized spacial score (nSPS) is 16.1. The maximum absolute atomic E-state index is 12.6. The van der Waals surface area contributed by atoms with E-state index >= 15 is 0 Å². The zero-order valence-corrected chi connectivity index (χ0v) is 13.6. The molecule has 1 saturated heterocycles. The molecular formula is C17H13N3O6. The summed E-state index contributed by atoms with van der Waals surface area (Å²) in [5, 5.41) is 12.7. The van der Waals surface area contributed by atoms with Crippen LogP contribution in [0.25, 0.3) is 6.08 Å². The zero-order valence-electron chi connectivity index (χ0n) is 13.6. The Balaban J connectivity index is 1.96. The molecule has 1 aliphatic heterocycles. The third-order valence-electron chi connectivity index (χ3n) is 3.78. The smallest absolute Gasteiger partial charge is 0.401 e. The monoisotopic (exact) mass is 355 g/mol. The van der Waals surface area contributed by atoms with Crippen molar-refractivity contribution in [2.45, 2.75) is 13.3 Å². The highest BCUT2D eigenvalue weighted by atomic mass is 16.6. The number of aryl methyl sites for hydroxylation is 1. The lowest BCUT2D eigenvalue weighted by Gasteiger charge is -2.26. The van der Waals surface area contributed by atoms with Gasteiger partial charge in [0.05, 0.1) is 11.8 Å². The summed E-state index contributed by atoms with van der Waals surface area (Å²) < 4.78 is 4.93. The summed E-state index contributed by atoms with van der Waals surface area (Å²) in [6, 6.07) is 8.22. The topological polar surface area (TPSA) is 123 Å². The Morgan fingerprint density at radius 1 is 1.15 bits per heavy atom. The third-order valence-corrected chi connectivity index (χ3v) is 3.78. The van der Waals surface area contributed by atoms with Crippen molar-refractivity contribution in [1.82, 2.24) is 5.32 Å². The van der Waals surface area contributed by atoms with Gasteiger partial charge in [0.1, 0.15) is 16.3 Å². The second kappa shape index (κ2) is 6.63. The van der Waals surface area contributed by atoms with Gasteiger partial charge in [-0.1, -0.05) is 19.1 Å². The number of nitrogens with one attached hydrogen (secondary N) is 1. The molecule has 0 unspecified atom stereocenters. The predicted molar refractivity (Wildman–Crippen MR) is 90.2 cm³/mol. The second-order valence-corrected chi connectivity index (χ2v) is 5.41. The second-order valence-electron chi connectivity index (χ2n) is 5.41. The number of anilines is 1. The molecule has 1 aromatic heterocycles. The first-order valence-corrected chi connectivity index (χ1v) is 7.65. The number of nitro groups is 1. The van der Waals surface area contributed by atoms with Crippen LogP contribution in [0.3, 0.4) is 0 Å². The number of nitrogens with zero attached hydrogens (tertiary/aromatic N) is 2. The summed E-state index contributed by atoms with van der Waals surface area (Å²) in [5.41, 5.74) is 0.954. The van der Waals surface area contributed by atoms with Crippen LogP contribution in [0, 0.1) is 10.1 Å². The lowest BCUT2D eigenvalue weighted by Crippen LogP contribution is -2.54. The molecular weight excluding hydrogens is 342 g/mol. The summed E-state index contributed by atoms with van der Waals surface area (Å²) in [5.74, 6) is -2.32. The van der Waals surface area contributed by atoms with E-state index in [0.29, 0.717) is 5.69 Å². The molecule has 1 aromatic carbocycles. The number of carbonyl (C=O) groups excluding carboxylic acids is 3. The van der Waals surface area contributed by atoms with E-state index < -0.39 is 28.7 Å². The predicted octanol–water partition coefficient (Wildman–Crippen LogP) is 2.42. The van der Waals surface area contributed by atoms with Crippen molar-refractivity contribution < 1.29 is 23.7 Å². The Hall–Kier alpha value is -3.75. The SMILES string of the molecule is CCc1ccc(N2C(=O)NC(=O)C(=Cc3ccc([N+](=O)[O-])o3)C2=O)cc1. The molecule has 0 saturated carbocycles. The molecule has 1 N–H and O–H groups in total. The zero-order chi connectivity index (χ0) is 18.8. The van der Waals surface area contributed by atoms with Crippen LogP contribution in [-0.4, -0.2) is 22.8 Å². The third kappa shape index (κ3) is 3.09. The van der Waals surface area contributed by atoms with Crippen LogP contribution in [0.4, 0.5) is 16.4 Å². The summed E-state index contributed by atoms with van der Waals surface area (Å²) in [6.07, 6.45) is 1.85. The number of barbiturate groups is 1. The van der Waals surface area contributed by atoms with Crippen molar-refractivity contribution in [3.05, 3.63) is 63.4 Å². The van der Waals surface area contributed by atoms with E-state index in [2.05, 4.69) is 5.32 Å². The van der Waals surface area contributed by atoms with Crippen molar-refractivity contribution >= 4 is 35.5 Å². The fraction of sp³-hybridized carbons (Fsp3) is 0.118. The van der Waals surface area contributed by atoms with Crippen LogP contribution in [-0.2, 0) is 16.0 Å². The molecule has 4 amide bonds. The van der Waals surface area contributed by atoms with E-state index in [4.69, 9.17) is 4.42 Å². The highest BCUT2D eigenvalue weighted by Crippen LogP contribution is 2.24. The molecule has 2 aromatic rings. The molecule has 0 radical (unpaired) electrons. The minimum atomic E-state index is -0.902. The Kier molecular flexibility index (Phi) is 4.36. The Labute approximate surface area is 147 Å². The fourth-order valence-corrected chi connectivity index (χ4v) is 2.43. The summed E-state index contributed by atoms with van der Waals surface area (Å²) in [7, 11) is 0. The molecule has 2 heterocycles. The van der Waals surface area contributed by atoms with Gasteiger partial charge in [0.2, 0.25) is 0 Å². The van der Waals surface area contributed by atoms with Crippen LogP contribution in [0.15, 0.2) is 46.4 Å². The van der Waals surface area contributed by atoms with Gasteiger partial charge < -0.3 is 4.42 Å². The van der Waals surface area contributed by atoms with E-state index in [1.54, 1.807) is 24.3 Å². The molecule has 9 heteroatoms. The van der Waals surface area contributed by atoms with Gasteiger partial charge in [-0.2, -0.15) is 0 Å². The van der Waals surface area contributed by atoms with Crippen molar-refractivity contribution in [2.24, 2.45) is 0 Å². The first-order chi connectivity index (χ1) is 12.4. The van der Waals surface area contributed by atoms with Gasteiger partial charge in [-0.15, -0.1) is 0 Å². The molecule has 0 bridgehead atoms. The maximum atomic E-state index is 12.6. The summed E-state index contributed by atoms with van der Waals surface area (Å²) in [6.45, 7) is 1.97. The Bertz CT molecular complexity index is 942. The van der Waals surface area contributed by atoms with E-state index in [1.165, 1.54) is 6.07 Å². The van der Waals surface area contributed by atoms with Gasteiger partial charge >= 0.3 is 11.9 Å². The molecule has 26 heavy (non-hydrogen) atoms. The lowest BCUT2D eigenvalue weighted by atomic mass is 10.1. The number of furan rings is 1. The van der Waals surface area contributed by atoms with Crippen LogP contribution in [0.2, 0.25) is 0 Å². The number of rotatable bonds is 4. The first-order valence-electron chi connectivity index (χ1n) is 7.65. The quantitative estimate of drug-likeness (QED) is 0.389. The van der Waals surface area contributed by atoms with Gasteiger partial charge in [0.15, 0.2) is 0 Å². The van der Waals surface area contributed by atoms with Gasteiger partial charge in [-0.25, -0.2) is 9.69 Å². The number of hydrogen-bond donors (Lipinski definition) is 1. The van der Waals surface area contributed by atoms with Gasteiger partial charge in [0, 0.05) is 0 Å². The standard InChI is InChI=1S/C17H13N3O6/c1-2-10-3-5-11(6-4-10)19-16(22)13(15(21)18-17(19)23)9-12-7-8-14(26-12)20(24)25/h3-9H,2H2,1H3,(H,18,21,23). The van der Waals surface area contributed by atoms with Crippen molar-refractivity contribution in [3.63, 3.8) is 0 Å². The van der Waals surface area contributed by atoms with Crippen molar-refractivity contribution in [3.8, 4) is 0 Å². The number of urea groups is 1. The Morgan fingerprint density at radius 3 is 2.42 bits per heavy atom. The highest BCUT2D eigenvalue weighted by Gasteiger charge is 2.37. The minimum Gasteiger partial charge on any atom is -0.401 e. The molecule has 0 atom stereocenters. The van der Waals surface area contributed by atoms with Crippen LogP contribution in [0.1, 0.15) is 18.2 Å². The van der Waals surface area contributed by atoms with E-state index in [9.17, 15) is 24.5 Å². The van der Waals surface area contributed by atoms with E-state index in [1.807, 2.05) is 6.92 Å². The molecule has 1 aliphatic rings.